The minimum Gasteiger partial charge on any atom is -0.497 e. The van der Waals surface area contributed by atoms with Gasteiger partial charge in [-0.3, -0.25) is 9.89 Å². The molecule has 7 heteroatoms. The van der Waals surface area contributed by atoms with Gasteiger partial charge in [-0.1, -0.05) is 48.7 Å². The molecule has 0 aliphatic rings. The van der Waals surface area contributed by atoms with Gasteiger partial charge in [-0.05, 0) is 55.2 Å². The highest BCUT2D eigenvalue weighted by molar-refractivity contribution is 6.42. The van der Waals surface area contributed by atoms with E-state index in [2.05, 4.69) is 22.4 Å². The number of methoxy groups -OCH3 is 1. The first-order valence-corrected chi connectivity index (χ1v) is 10.2. The number of amides is 1. The lowest BCUT2D eigenvalue weighted by molar-refractivity contribution is 0.102. The van der Waals surface area contributed by atoms with Crippen LogP contribution in [-0.2, 0) is 19.3 Å². The van der Waals surface area contributed by atoms with E-state index in [1.165, 1.54) is 5.56 Å². The molecule has 0 saturated heterocycles. The second-order valence-corrected chi connectivity index (χ2v) is 7.52. The summed E-state index contributed by atoms with van der Waals surface area (Å²) in [5.41, 5.74) is 4.12. The van der Waals surface area contributed by atoms with Crippen LogP contribution >= 0.6 is 23.2 Å². The van der Waals surface area contributed by atoms with Gasteiger partial charge in [0.1, 0.15) is 5.75 Å². The van der Waals surface area contributed by atoms with Gasteiger partial charge in [0, 0.05) is 5.56 Å². The average molecular weight is 432 g/mol. The zero-order valence-corrected chi connectivity index (χ0v) is 17.9. The fraction of sp³-hybridized carbons (Fsp3) is 0.273. The smallest absolute Gasteiger partial charge is 0.255 e. The van der Waals surface area contributed by atoms with E-state index in [-0.39, 0.29) is 5.91 Å². The number of carbonyl (C=O) groups is 1. The summed E-state index contributed by atoms with van der Waals surface area (Å²) in [6.07, 6.45) is 3.24. The first kappa shape index (κ1) is 21.2. The van der Waals surface area contributed by atoms with Crippen molar-refractivity contribution >= 4 is 34.8 Å². The Balaban J connectivity index is 1.77. The minimum atomic E-state index is -0.243. The minimum absolute atomic E-state index is 0.243. The quantitative estimate of drug-likeness (QED) is 0.479. The van der Waals surface area contributed by atoms with Crippen molar-refractivity contribution in [1.82, 2.24) is 10.2 Å². The van der Waals surface area contributed by atoms with E-state index in [1.54, 1.807) is 25.3 Å². The number of rotatable bonds is 8. The zero-order chi connectivity index (χ0) is 20.8. The number of carbonyl (C=O) groups excluding carboxylic acids is 1. The number of H-pyrrole nitrogens is 1. The van der Waals surface area contributed by atoms with Crippen LogP contribution in [0.3, 0.4) is 0 Å². The molecule has 5 nitrogen and oxygen atoms in total. The molecule has 29 heavy (non-hydrogen) atoms. The maximum Gasteiger partial charge on any atom is 0.255 e. The number of ether oxygens (including phenoxy) is 1. The van der Waals surface area contributed by atoms with Crippen LogP contribution in [0.1, 0.15) is 40.7 Å². The second-order valence-electron chi connectivity index (χ2n) is 6.70. The summed E-state index contributed by atoms with van der Waals surface area (Å²) >= 11 is 12.0. The number of halogens is 2. The molecule has 2 N–H and O–H groups in total. The number of hydrogen-bond acceptors (Lipinski definition) is 3. The Hall–Kier alpha value is -2.50. The van der Waals surface area contributed by atoms with Crippen LogP contribution in [0.25, 0.3) is 0 Å². The van der Waals surface area contributed by atoms with Gasteiger partial charge >= 0.3 is 0 Å². The van der Waals surface area contributed by atoms with Crippen LogP contribution in [0, 0.1) is 0 Å². The van der Waals surface area contributed by atoms with Gasteiger partial charge in [-0.2, -0.15) is 5.10 Å². The number of aryl methyl sites for hydroxylation is 3. The van der Waals surface area contributed by atoms with E-state index >= 15 is 0 Å². The monoisotopic (exact) mass is 431 g/mol. The topological polar surface area (TPSA) is 67.0 Å². The van der Waals surface area contributed by atoms with Crippen molar-refractivity contribution in [3.63, 3.8) is 0 Å². The molecule has 0 spiro atoms. The molecular formula is C22H23Cl2N3O2. The fourth-order valence-corrected chi connectivity index (χ4v) is 3.36. The summed E-state index contributed by atoms with van der Waals surface area (Å²) in [6.45, 7) is 2.09. The summed E-state index contributed by atoms with van der Waals surface area (Å²) in [6, 6.07) is 12.8. The molecule has 0 aliphatic carbocycles. The highest BCUT2D eigenvalue weighted by Crippen LogP contribution is 2.26. The molecule has 3 rings (SSSR count). The van der Waals surface area contributed by atoms with E-state index in [9.17, 15) is 4.79 Å². The molecule has 0 aliphatic heterocycles. The third-order valence-corrected chi connectivity index (χ3v) is 5.39. The van der Waals surface area contributed by atoms with Gasteiger partial charge in [0.2, 0.25) is 0 Å². The predicted octanol–water partition coefficient (Wildman–Crippen LogP) is 5.72. The molecule has 2 aromatic carbocycles. The van der Waals surface area contributed by atoms with Crippen LogP contribution in [0.5, 0.6) is 5.75 Å². The van der Waals surface area contributed by atoms with Crippen LogP contribution < -0.4 is 10.1 Å². The fourth-order valence-electron chi connectivity index (χ4n) is 3.06. The molecular weight excluding hydrogens is 409 g/mol. The summed E-state index contributed by atoms with van der Waals surface area (Å²) in [4.78, 5) is 12.8. The van der Waals surface area contributed by atoms with Crippen molar-refractivity contribution in [2.45, 2.75) is 32.6 Å². The van der Waals surface area contributed by atoms with E-state index < -0.39 is 0 Å². The van der Waals surface area contributed by atoms with E-state index in [0.717, 1.165) is 42.1 Å². The average Bonchev–Trinajstić information content (AvgIpc) is 3.10. The van der Waals surface area contributed by atoms with Gasteiger partial charge in [0.25, 0.3) is 5.91 Å². The molecule has 1 aromatic heterocycles. The molecule has 0 radical (unpaired) electrons. The largest absolute Gasteiger partial charge is 0.497 e. The SMILES string of the molecule is CCCc1[nH]nc(CCc2ccc(OC)cc2)c1NC(=O)c1ccc(Cl)c(Cl)c1. The molecule has 1 heterocycles. The van der Waals surface area contributed by atoms with Gasteiger partial charge in [-0.25, -0.2) is 0 Å². The van der Waals surface area contributed by atoms with Crippen LogP contribution in [0.4, 0.5) is 5.69 Å². The summed E-state index contributed by atoms with van der Waals surface area (Å²) < 4.78 is 5.20. The Labute approximate surface area is 180 Å². The van der Waals surface area contributed by atoms with Crippen molar-refractivity contribution in [2.75, 3.05) is 12.4 Å². The van der Waals surface area contributed by atoms with Crippen molar-refractivity contribution in [3.05, 3.63) is 75.0 Å². The Kier molecular flexibility index (Phi) is 7.18. The molecule has 152 valence electrons. The van der Waals surface area contributed by atoms with Crippen molar-refractivity contribution in [3.8, 4) is 5.75 Å². The summed E-state index contributed by atoms with van der Waals surface area (Å²) in [7, 11) is 1.65. The number of anilines is 1. The molecule has 0 saturated carbocycles. The van der Waals surface area contributed by atoms with Crippen LogP contribution in [-0.4, -0.2) is 23.2 Å². The lowest BCUT2D eigenvalue weighted by Gasteiger charge is -2.09. The zero-order valence-electron chi connectivity index (χ0n) is 16.4. The predicted molar refractivity (Wildman–Crippen MR) is 117 cm³/mol. The third-order valence-electron chi connectivity index (χ3n) is 4.65. The van der Waals surface area contributed by atoms with Gasteiger partial charge < -0.3 is 10.1 Å². The van der Waals surface area contributed by atoms with Gasteiger partial charge in [0.15, 0.2) is 0 Å². The van der Waals surface area contributed by atoms with E-state index in [1.807, 2.05) is 24.3 Å². The number of nitrogens with one attached hydrogen (secondary N) is 2. The molecule has 1 amide bonds. The Bertz CT molecular complexity index is 984. The van der Waals surface area contributed by atoms with Crippen molar-refractivity contribution < 1.29 is 9.53 Å². The molecule has 0 fully saturated rings. The molecule has 0 unspecified atom stereocenters. The third kappa shape index (κ3) is 5.31. The summed E-state index contributed by atoms with van der Waals surface area (Å²) in [5, 5.41) is 11.3. The number of aromatic amines is 1. The normalized spacial score (nSPS) is 10.8. The number of hydrogen-bond donors (Lipinski definition) is 2. The lowest BCUT2D eigenvalue weighted by atomic mass is 10.1. The lowest BCUT2D eigenvalue weighted by Crippen LogP contribution is -2.14. The summed E-state index contributed by atoms with van der Waals surface area (Å²) in [5.74, 6) is 0.585. The first-order chi connectivity index (χ1) is 14.0. The Morgan fingerprint density at radius 2 is 1.83 bits per heavy atom. The van der Waals surface area contributed by atoms with E-state index in [4.69, 9.17) is 27.9 Å². The second kappa shape index (κ2) is 9.81. The maximum absolute atomic E-state index is 12.8. The standard InChI is InChI=1S/C22H23Cl2N3O2/c1-3-4-19-21(25-22(28)15-8-11-17(23)18(24)13-15)20(27-26-19)12-7-14-5-9-16(29-2)10-6-14/h5-6,8-11,13H,3-4,7,12H2,1-2H3,(H,25,28)(H,26,27). The Morgan fingerprint density at radius 3 is 2.48 bits per heavy atom. The maximum atomic E-state index is 12.8. The number of benzene rings is 2. The highest BCUT2D eigenvalue weighted by Gasteiger charge is 2.17. The number of aromatic nitrogens is 2. The van der Waals surface area contributed by atoms with E-state index in [0.29, 0.717) is 22.0 Å². The highest BCUT2D eigenvalue weighted by atomic mass is 35.5. The molecule has 0 bridgehead atoms. The van der Waals surface area contributed by atoms with Gasteiger partial charge in [0.05, 0.1) is 34.2 Å². The first-order valence-electron chi connectivity index (χ1n) is 9.47. The molecule has 3 aromatic rings. The van der Waals surface area contributed by atoms with Crippen molar-refractivity contribution in [2.24, 2.45) is 0 Å². The van der Waals surface area contributed by atoms with Crippen molar-refractivity contribution in [1.29, 1.82) is 0 Å². The molecule has 0 atom stereocenters. The van der Waals surface area contributed by atoms with Crippen LogP contribution in [0.15, 0.2) is 42.5 Å². The Morgan fingerprint density at radius 1 is 1.07 bits per heavy atom. The van der Waals surface area contributed by atoms with Crippen LogP contribution in [0.2, 0.25) is 10.0 Å². The van der Waals surface area contributed by atoms with Gasteiger partial charge in [-0.15, -0.1) is 0 Å². The number of nitrogens with zero attached hydrogens (tertiary/aromatic N) is 1.